The lowest BCUT2D eigenvalue weighted by Gasteiger charge is -2.20. The van der Waals surface area contributed by atoms with E-state index in [9.17, 15) is 23.3 Å². The monoisotopic (exact) mass is 435 g/mol. The van der Waals surface area contributed by atoms with E-state index >= 15 is 0 Å². The molecule has 0 saturated carbocycles. The van der Waals surface area contributed by atoms with Crippen molar-refractivity contribution in [2.45, 2.75) is 38.7 Å². The van der Waals surface area contributed by atoms with Crippen LogP contribution in [0.2, 0.25) is 0 Å². The number of amides is 1. The van der Waals surface area contributed by atoms with Gasteiger partial charge in [0.15, 0.2) is 0 Å². The number of nitrogens with zero attached hydrogens (tertiary/aromatic N) is 2. The maximum absolute atomic E-state index is 12.9. The van der Waals surface area contributed by atoms with Crippen molar-refractivity contribution in [2.24, 2.45) is 0 Å². The van der Waals surface area contributed by atoms with Crippen LogP contribution >= 0.6 is 0 Å². The Labute approximate surface area is 175 Å². The summed E-state index contributed by atoms with van der Waals surface area (Å²) in [5.41, 5.74) is -0.386. The maximum atomic E-state index is 12.9. The van der Waals surface area contributed by atoms with Crippen molar-refractivity contribution in [2.75, 3.05) is 18.4 Å². The van der Waals surface area contributed by atoms with Gasteiger partial charge in [-0.25, -0.2) is 8.42 Å². The fourth-order valence-electron chi connectivity index (χ4n) is 2.85. The molecule has 9 nitrogen and oxygen atoms in total. The lowest BCUT2D eigenvalue weighted by Crippen LogP contribution is -2.30. The zero-order chi connectivity index (χ0) is 22.5. The molecule has 0 unspecified atom stereocenters. The standard InChI is InChI=1S/C20H25N3O6S/c1-5-22(6-2)30(27,28)15-11-12-19(29-14(3)4)17(13-15)21-20(24)16-9-7-8-10-18(16)23(25)26/h7-14H,5-6H2,1-4H3,(H,21,24). The second kappa shape index (κ2) is 9.68. The van der Waals surface area contributed by atoms with Crippen molar-refractivity contribution >= 4 is 27.3 Å². The molecule has 0 fully saturated rings. The molecule has 0 aliphatic rings. The van der Waals surface area contributed by atoms with Crippen molar-refractivity contribution in [3.05, 3.63) is 58.1 Å². The molecule has 0 saturated heterocycles. The average Bonchev–Trinajstić information content (AvgIpc) is 2.69. The van der Waals surface area contributed by atoms with Crippen molar-refractivity contribution in [3.8, 4) is 5.75 Å². The molecule has 1 amide bonds. The van der Waals surface area contributed by atoms with E-state index < -0.39 is 20.9 Å². The van der Waals surface area contributed by atoms with Gasteiger partial charge in [0, 0.05) is 19.2 Å². The van der Waals surface area contributed by atoms with Gasteiger partial charge in [0.1, 0.15) is 11.3 Å². The van der Waals surface area contributed by atoms with E-state index in [1.807, 2.05) is 0 Å². The number of ether oxygens (including phenoxy) is 1. The summed E-state index contributed by atoms with van der Waals surface area (Å²) < 4.78 is 32.7. The zero-order valence-corrected chi connectivity index (χ0v) is 18.1. The van der Waals surface area contributed by atoms with Crippen LogP contribution in [0.25, 0.3) is 0 Å². The van der Waals surface area contributed by atoms with Gasteiger partial charge in [0.25, 0.3) is 11.6 Å². The summed E-state index contributed by atoms with van der Waals surface area (Å²) in [5.74, 6) is -0.483. The summed E-state index contributed by atoms with van der Waals surface area (Å²) in [6.45, 7) is 7.62. The largest absolute Gasteiger partial charge is 0.489 e. The summed E-state index contributed by atoms with van der Waals surface area (Å²) in [6.07, 6.45) is -0.239. The van der Waals surface area contributed by atoms with Gasteiger partial charge in [-0.15, -0.1) is 0 Å². The number of para-hydroxylation sites is 1. The molecule has 0 radical (unpaired) electrons. The molecule has 10 heteroatoms. The van der Waals surface area contributed by atoms with E-state index in [4.69, 9.17) is 4.74 Å². The summed E-state index contributed by atoms with van der Waals surface area (Å²) >= 11 is 0. The van der Waals surface area contributed by atoms with E-state index in [-0.39, 0.29) is 33.7 Å². The predicted molar refractivity (Wildman–Crippen MR) is 113 cm³/mol. The normalized spacial score (nSPS) is 11.5. The topological polar surface area (TPSA) is 119 Å². The van der Waals surface area contributed by atoms with E-state index in [0.29, 0.717) is 13.1 Å². The van der Waals surface area contributed by atoms with Crippen LogP contribution in [-0.4, -0.2) is 42.7 Å². The van der Waals surface area contributed by atoms with Crippen LogP contribution < -0.4 is 10.1 Å². The number of carbonyl (C=O) groups is 1. The number of hydrogen-bond donors (Lipinski definition) is 1. The maximum Gasteiger partial charge on any atom is 0.282 e. The number of rotatable bonds is 9. The first kappa shape index (κ1) is 23.3. The first-order valence-corrected chi connectivity index (χ1v) is 10.9. The Kier molecular flexibility index (Phi) is 7.52. The third-order valence-electron chi connectivity index (χ3n) is 4.25. The minimum atomic E-state index is -3.77. The lowest BCUT2D eigenvalue weighted by atomic mass is 10.1. The smallest absolute Gasteiger partial charge is 0.282 e. The van der Waals surface area contributed by atoms with Gasteiger partial charge in [-0.2, -0.15) is 4.31 Å². The molecule has 0 aliphatic carbocycles. The van der Waals surface area contributed by atoms with E-state index in [0.717, 1.165) is 0 Å². The molecule has 2 rings (SSSR count). The van der Waals surface area contributed by atoms with Crippen molar-refractivity contribution in [1.82, 2.24) is 4.31 Å². The first-order valence-electron chi connectivity index (χ1n) is 9.47. The Balaban J connectivity index is 2.51. The Morgan fingerprint density at radius 1 is 1.17 bits per heavy atom. The minimum Gasteiger partial charge on any atom is -0.489 e. The van der Waals surface area contributed by atoms with E-state index in [2.05, 4.69) is 5.32 Å². The minimum absolute atomic E-state index is 0.0137. The number of carbonyl (C=O) groups excluding carboxylic acids is 1. The van der Waals surface area contributed by atoms with Gasteiger partial charge in [0.2, 0.25) is 10.0 Å². The molecule has 0 bridgehead atoms. The number of sulfonamides is 1. The second-order valence-corrected chi connectivity index (χ2v) is 8.58. The predicted octanol–water partition coefficient (Wildman–Crippen LogP) is 3.66. The lowest BCUT2D eigenvalue weighted by molar-refractivity contribution is -0.385. The van der Waals surface area contributed by atoms with Crippen LogP contribution in [-0.2, 0) is 10.0 Å². The molecular formula is C20H25N3O6S. The molecule has 2 aromatic rings. The van der Waals surface area contributed by atoms with Gasteiger partial charge in [0.05, 0.1) is 21.6 Å². The van der Waals surface area contributed by atoms with Crippen LogP contribution in [0, 0.1) is 10.1 Å². The number of benzene rings is 2. The van der Waals surface area contributed by atoms with E-state index in [1.165, 1.54) is 46.8 Å². The van der Waals surface area contributed by atoms with Crippen molar-refractivity contribution < 1.29 is 22.9 Å². The van der Waals surface area contributed by atoms with Crippen molar-refractivity contribution in [3.63, 3.8) is 0 Å². The van der Waals surface area contributed by atoms with E-state index in [1.54, 1.807) is 27.7 Å². The molecular weight excluding hydrogens is 410 g/mol. The van der Waals surface area contributed by atoms with Crippen LogP contribution in [0.15, 0.2) is 47.4 Å². The zero-order valence-electron chi connectivity index (χ0n) is 17.3. The van der Waals surface area contributed by atoms with Crippen LogP contribution in [0.4, 0.5) is 11.4 Å². The third-order valence-corrected chi connectivity index (χ3v) is 6.30. The highest BCUT2D eigenvalue weighted by Gasteiger charge is 2.25. The summed E-state index contributed by atoms with van der Waals surface area (Å²) in [5, 5.41) is 13.8. The molecule has 162 valence electrons. The van der Waals surface area contributed by atoms with Crippen LogP contribution in [0.1, 0.15) is 38.1 Å². The SMILES string of the molecule is CCN(CC)S(=O)(=O)c1ccc(OC(C)C)c(NC(=O)c2ccccc2[N+](=O)[O-])c1. The highest BCUT2D eigenvalue weighted by atomic mass is 32.2. The fraction of sp³-hybridized carbons (Fsp3) is 0.350. The van der Waals surface area contributed by atoms with Gasteiger partial charge in [-0.1, -0.05) is 26.0 Å². The molecule has 0 spiro atoms. The van der Waals surface area contributed by atoms with Crippen LogP contribution in [0.5, 0.6) is 5.75 Å². The van der Waals surface area contributed by atoms with Gasteiger partial charge in [-0.3, -0.25) is 14.9 Å². The van der Waals surface area contributed by atoms with Gasteiger partial charge in [-0.05, 0) is 38.1 Å². The highest BCUT2D eigenvalue weighted by Crippen LogP contribution is 2.31. The number of nitro benzene ring substituents is 1. The molecule has 2 aromatic carbocycles. The highest BCUT2D eigenvalue weighted by molar-refractivity contribution is 7.89. The Bertz CT molecular complexity index is 1030. The summed E-state index contributed by atoms with van der Waals surface area (Å²) in [6, 6.07) is 9.69. The number of nitro groups is 1. The van der Waals surface area contributed by atoms with Crippen LogP contribution in [0.3, 0.4) is 0 Å². The molecule has 0 aromatic heterocycles. The number of hydrogen-bond acceptors (Lipinski definition) is 6. The summed E-state index contributed by atoms with van der Waals surface area (Å²) in [4.78, 5) is 23.3. The number of anilines is 1. The van der Waals surface area contributed by atoms with Crippen molar-refractivity contribution in [1.29, 1.82) is 0 Å². The Morgan fingerprint density at radius 3 is 2.37 bits per heavy atom. The summed E-state index contributed by atoms with van der Waals surface area (Å²) in [7, 11) is -3.77. The molecule has 0 atom stereocenters. The Morgan fingerprint density at radius 2 is 1.80 bits per heavy atom. The molecule has 0 aliphatic heterocycles. The Hall–Kier alpha value is -2.98. The number of nitrogens with one attached hydrogen (secondary N) is 1. The molecule has 1 N–H and O–H groups in total. The first-order chi connectivity index (χ1) is 14.1. The quantitative estimate of drug-likeness (QED) is 0.474. The molecule has 0 heterocycles. The third kappa shape index (κ3) is 5.14. The van der Waals surface area contributed by atoms with Gasteiger partial charge >= 0.3 is 0 Å². The van der Waals surface area contributed by atoms with Gasteiger partial charge < -0.3 is 10.1 Å². The average molecular weight is 436 g/mol. The molecule has 30 heavy (non-hydrogen) atoms. The second-order valence-electron chi connectivity index (χ2n) is 6.64. The fourth-order valence-corrected chi connectivity index (χ4v) is 4.34.